The molecule has 0 nitrogen and oxygen atoms in total. The molecule has 0 heterocycles. The Bertz CT molecular complexity index is 11200. The third kappa shape index (κ3) is 4.41. The van der Waals surface area contributed by atoms with E-state index in [2.05, 4.69) is 172 Å². The van der Waals surface area contributed by atoms with Crippen molar-refractivity contribution in [3.63, 3.8) is 0 Å². The van der Waals surface area contributed by atoms with Crippen LogP contribution in [0.5, 0.6) is 0 Å². The first-order chi connectivity index (χ1) is 57.5. The Morgan fingerprint density at radius 2 is 0.716 bits per heavy atom. The van der Waals surface area contributed by atoms with E-state index in [-0.39, 0.29) is 0 Å². The quantitative estimate of drug-likeness (QED) is 0.105. The van der Waals surface area contributed by atoms with Crippen LogP contribution in [0.2, 0.25) is 0 Å². The monoisotopic (exact) mass is 1440 g/mol. The minimum Gasteiger partial charge on any atom is -0.0763 e. The molecule has 4 atom stereocenters. The van der Waals surface area contributed by atoms with E-state index in [1.807, 2.05) is 0 Å². The highest BCUT2D eigenvalue weighted by molar-refractivity contribution is 6.67. The molecule has 0 saturated carbocycles. The van der Waals surface area contributed by atoms with Gasteiger partial charge in [-0.1, -0.05) is 146 Å². The number of benzene rings is 32. The maximum Gasteiger partial charge on any atom is 0.00747 e. The van der Waals surface area contributed by atoms with Crippen LogP contribution in [0, 0.1) is 13.8 Å². The van der Waals surface area contributed by atoms with Crippen molar-refractivity contribution >= 4 is 358 Å². The molecule has 0 radical (unpaired) electrons. The van der Waals surface area contributed by atoms with Crippen molar-refractivity contribution < 1.29 is 0 Å². The predicted octanol–water partition coefficient (Wildman–Crippen LogP) is 29.3. The number of hydrogen-bond donors (Lipinski definition) is 0. The third-order valence-electron chi connectivity index (χ3n) is 36.1. The maximum atomic E-state index is 2.91. The molecular formula is C116H52. The predicted molar refractivity (Wildman–Crippen MR) is 499 cm³/mol. The van der Waals surface area contributed by atoms with Gasteiger partial charge in [0.15, 0.2) is 0 Å². The minimum atomic E-state index is 0.293. The van der Waals surface area contributed by atoms with E-state index in [4.69, 9.17) is 0 Å². The van der Waals surface area contributed by atoms with E-state index in [0.717, 1.165) is 44.9 Å². The lowest BCUT2D eigenvalue weighted by atomic mass is 9.60. The van der Waals surface area contributed by atoms with Crippen molar-refractivity contribution in [1.29, 1.82) is 0 Å². The molecule has 0 fully saturated rings. The summed E-state index contributed by atoms with van der Waals surface area (Å²) in [5, 5.41) is 99.7. The molecule has 32 aromatic rings. The molecule has 8 aliphatic carbocycles. The molecule has 516 valence electrons. The van der Waals surface area contributed by atoms with Gasteiger partial charge in [-0.05, 0) is 500 Å². The van der Waals surface area contributed by atoms with Crippen LogP contribution < -0.4 is 15.7 Å². The Labute approximate surface area is 652 Å². The zero-order chi connectivity index (χ0) is 72.2. The lowest BCUT2D eigenvalue weighted by Gasteiger charge is -2.42. The van der Waals surface area contributed by atoms with Crippen molar-refractivity contribution in [2.75, 3.05) is 0 Å². The van der Waals surface area contributed by atoms with Gasteiger partial charge >= 0.3 is 0 Å². The van der Waals surface area contributed by atoms with Crippen LogP contribution in [0.3, 0.4) is 0 Å². The van der Waals surface area contributed by atoms with Crippen LogP contribution >= 0.6 is 0 Å². The van der Waals surface area contributed by atoms with Crippen molar-refractivity contribution in [2.24, 2.45) is 0 Å². The second-order valence-corrected chi connectivity index (χ2v) is 39.7. The Morgan fingerprint density at radius 1 is 0.259 bits per heavy atom. The van der Waals surface area contributed by atoms with E-state index in [1.165, 1.54) is 217 Å². The van der Waals surface area contributed by atoms with Gasteiger partial charge in [0, 0.05) is 11.8 Å². The van der Waals surface area contributed by atoms with E-state index in [9.17, 15) is 0 Å². The van der Waals surface area contributed by atoms with Crippen LogP contribution in [0.25, 0.3) is 358 Å². The third-order valence-corrected chi connectivity index (χ3v) is 36.1. The summed E-state index contributed by atoms with van der Waals surface area (Å²) in [7, 11) is 0. The average Bonchev–Trinajstić information content (AvgIpc) is 0.624. The summed E-state index contributed by atoms with van der Waals surface area (Å²) in [6, 6.07) is 53.6. The average molecular weight is 1450 g/mol. The summed E-state index contributed by atoms with van der Waals surface area (Å²) in [6.45, 7) is 4.85. The van der Waals surface area contributed by atoms with Crippen LogP contribution in [-0.4, -0.2) is 0 Å². The van der Waals surface area contributed by atoms with Crippen molar-refractivity contribution in [2.45, 2.75) is 88.9 Å². The van der Waals surface area contributed by atoms with Crippen LogP contribution in [0.15, 0.2) is 133 Å². The van der Waals surface area contributed by atoms with Crippen molar-refractivity contribution in [3.05, 3.63) is 210 Å². The van der Waals surface area contributed by atoms with E-state index >= 15 is 0 Å². The first-order valence-electron chi connectivity index (χ1n) is 43.7. The van der Waals surface area contributed by atoms with Gasteiger partial charge in [0.1, 0.15) is 0 Å². The Hall–Kier alpha value is -13.3. The van der Waals surface area contributed by atoms with Crippen molar-refractivity contribution in [1.82, 2.24) is 0 Å². The Balaban J connectivity index is 0.790. The minimum absolute atomic E-state index is 0.293. The van der Waals surface area contributed by atoms with Gasteiger partial charge < -0.3 is 0 Å². The van der Waals surface area contributed by atoms with Gasteiger partial charge in [0.05, 0.1) is 0 Å². The summed E-state index contributed by atoms with van der Waals surface area (Å²) < 4.78 is 0. The van der Waals surface area contributed by atoms with Crippen LogP contribution in [-0.2, 0) is 25.7 Å². The standard InChI is InChI=1S/C116H52/c1-37-29-41-9-11-43-33-47-15-23-57-81-61-27-19-51-36-50-18-26-60-80-56-22-14-46-32-40-6-4-8-54-64-38(2)30-42-10-12-44-34-48-16-24-58-82-62-28-20-52-35-49-17-25-59-79-55-21-13-45-31-39-5-3-7-53-63(37)91-67(41)69(43)95-73(47)85(57)103(107-83(55)71(45)93(65(39)53)111(91)113(95)107)99(79)101(81)105-87(59)75(49)97-78(52)90(62)110-106(88(60)76(50)98-77(51)89(61)109(105)115(97)116(98)110)102(82)100(80)104-86(58)74(48)96-70(44)68(42)92(64)112-94(66(40)54)72(46)84(56)108(104)114(96)112/h3-13,15,17,19,21,23-27,29-34,48,50-52H,14,16,18,20,22,28,35-36H2,1-2H3/t48-,50-,51+,52+/m0/s1. The van der Waals surface area contributed by atoms with Gasteiger partial charge in [-0.3, -0.25) is 0 Å². The maximum absolute atomic E-state index is 2.91. The second-order valence-electron chi connectivity index (χ2n) is 39.7. The largest absolute Gasteiger partial charge is 0.0763 e. The highest BCUT2D eigenvalue weighted by Gasteiger charge is 2.48. The topological polar surface area (TPSA) is 0 Å². The first-order valence-corrected chi connectivity index (χ1v) is 43.7. The fourth-order valence-corrected chi connectivity index (χ4v) is 33.4. The second kappa shape index (κ2) is 15.2. The summed E-state index contributed by atoms with van der Waals surface area (Å²) in [5.74, 6) is 1.41. The van der Waals surface area contributed by atoms with E-state index in [1.54, 1.807) is 200 Å². The molecule has 0 saturated heterocycles. The normalized spacial score (nSPS) is 19.4. The highest BCUT2D eigenvalue weighted by Crippen LogP contribution is 2.72. The number of aryl methyl sites for hydroxylation is 5. The first kappa shape index (κ1) is 52.9. The molecule has 0 amide bonds. The summed E-state index contributed by atoms with van der Waals surface area (Å²) in [6.07, 6.45) is 22.8. The van der Waals surface area contributed by atoms with E-state index in [0.29, 0.717) is 23.7 Å². The number of rotatable bonds is 0. The van der Waals surface area contributed by atoms with E-state index < -0.39 is 0 Å². The molecule has 0 spiro atoms. The molecule has 0 heteroatoms. The fourth-order valence-electron chi connectivity index (χ4n) is 33.4. The molecule has 0 bridgehead atoms. The summed E-state index contributed by atoms with van der Waals surface area (Å²) in [4.78, 5) is 0. The van der Waals surface area contributed by atoms with Gasteiger partial charge in [0.25, 0.3) is 0 Å². The lowest BCUT2D eigenvalue weighted by molar-refractivity contribution is 0.595. The number of fused-ring (bicyclic) bond motifs is 10. The zero-order valence-corrected chi connectivity index (χ0v) is 63.0. The fraction of sp³-hybridized carbons (Fsp3) is 0.121. The van der Waals surface area contributed by atoms with Crippen LogP contribution in [0.4, 0.5) is 0 Å². The molecule has 8 aliphatic rings. The molecule has 0 unspecified atom stereocenters. The molecule has 116 heavy (non-hydrogen) atoms. The Morgan fingerprint density at radius 3 is 1.45 bits per heavy atom. The van der Waals surface area contributed by atoms with Crippen molar-refractivity contribution in [3.8, 4) is 0 Å². The molecule has 0 N–H and O–H groups in total. The molecule has 0 aliphatic heterocycles. The lowest BCUT2D eigenvalue weighted by Crippen LogP contribution is -2.27. The molecule has 32 aromatic carbocycles. The SMILES string of the molecule is Cc1cc2ccc3c4c5c6c7c(c8c9c%10c%11c%12c%13c(ccc%14c%15c%16ccc%17cc%18cccc%19c%20c(C)cc%21ccc%22cc%23ccc%24c%25c%26c%27c%28c%29c%30c%31c(c%32c%33c%34c%35c(cc%36cccc%37c1c(c24)c(c%35c%36%37)c5c%34c7c%32c8c%31c%10c%29c%12c%27c(c%14%13)c%25c%15c1c%24c%23c2c%22c%21c%20c4c(c%18%19)c%17c%16c1c24)CC%33)=CC[C@H]%30C[C@H]%28C=C%26)C[C@H]%11CC9)=CC[C@H]6C=3. The highest BCUT2D eigenvalue weighted by atomic mass is 14.5. The van der Waals surface area contributed by atoms with Gasteiger partial charge in [-0.25, -0.2) is 0 Å². The zero-order valence-electron chi connectivity index (χ0n) is 63.0. The summed E-state index contributed by atoms with van der Waals surface area (Å²) >= 11 is 0. The molecular weight excluding hydrogens is 1390 g/mol. The van der Waals surface area contributed by atoms with Crippen LogP contribution in [0.1, 0.15) is 111 Å². The van der Waals surface area contributed by atoms with Gasteiger partial charge in [-0.2, -0.15) is 0 Å². The van der Waals surface area contributed by atoms with Gasteiger partial charge in [0.2, 0.25) is 0 Å². The van der Waals surface area contributed by atoms with Gasteiger partial charge in [-0.15, -0.1) is 0 Å². The molecule has 40 rings (SSSR count). The smallest absolute Gasteiger partial charge is 0.00747 e. The number of hydrogen-bond acceptors (Lipinski definition) is 0. The summed E-state index contributed by atoms with van der Waals surface area (Å²) in [5.41, 5.74) is 17.6. The molecule has 0 aromatic heterocycles. The Kier molecular flexibility index (Phi) is 6.93. The number of allylic oxidation sites excluding steroid dienone is 1.